The zero-order valence-corrected chi connectivity index (χ0v) is 10.4. The van der Waals surface area contributed by atoms with Gasteiger partial charge in [0.25, 0.3) is 0 Å². The molecular weight excluding hydrogens is 242 g/mol. The van der Waals surface area contributed by atoms with Crippen molar-refractivity contribution in [2.24, 2.45) is 0 Å². The van der Waals surface area contributed by atoms with Crippen molar-refractivity contribution in [3.05, 3.63) is 41.0 Å². The van der Waals surface area contributed by atoms with Crippen molar-refractivity contribution in [3.63, 3.8) is 0 Å². The quantitative estimate of drug-likeness (QED) is 0.909. The average molecular weight is 254 g/mol. The van der Waals surface area contributed by atoms with Crippen LogP contribution in [0, 0.1) is 0 Å². The first kappa shape index (κ1) is 11.4. The van der Waals surface area contributed by atoms with E-state index in [0.717, 1.165) is 16.4 Å². The molecule has 2 rings (SSSR count). The third kappa shape index (κ3) is 3.18. The molecule has 3 nitrogen and oxygen atoms in total. The van der Waals surface area contributed by atoms with Gasteiger partial charge in [-0.05, 0) is 31.0 Å². The first-order chi connectivity index (χ1) is 7.74. The molecule has 1 unspecified atom stereocenters. The molecule has 1 N–H and O–H groups in total. The molecule has 0 saturated heterocycles. The maximum absolute atomic E-state index is 5.83. The summed E-state index contributed by atoms with van der Waals surface area (Å²) in [5.41, 5.74) is 1.27. The van der Waals surface area contributed by atoms with Crippen LogP contribution >= 0.6 is 23.1 Å². The van der Waals surface area contributed by atoms with Gasteiger partial charge >= 0.3 is 0 Å². The summed E-state index contributed by atoms with van der Waals surface area (Å²) in [4.78, 5) is 0. The van der Waals surface area contributed by atoms with Gasteiger partial charge in [-0.1, -0.05) is 28.2 Å². The average Bonchev–Trinajstić information content (AvgIpc) is 2.74. The van der Waals surface area contributed by atoms with Crippen molar-refractivity contribution in [3.8, 4) is 0 Å². The molecule has 1 aromatic heterocycles. The lowest BCUT2D eigenvalue weighted by molar-refractivity contribution is 0.793. The zero-order chi connectivity index (χ0) is 11.4. The standard InChI is InChI=1S/C11H12ClN3S/c1-8(14-11-7-13-15-16-11)6-9-2-4-10(12)5-3-9/h2-5,7-8,14H,6H2,1H3. The fraction of sp³-hybridized carbons (Fsp3) is 0.273. The summed E-state index contributed by atoms with van der Waals surface area (Å²) in [7, 11) is 0. The van der Waals surface area contributed by atoms with Gasteiger partial charge in [0, 0.05) is 22.6 Å². The van der Waals surface area contributed by atoms with Crippen molar-refractivity contribution >= 4 is 28.1 Å². The summed E-state index contributed by atoms with van der Waals surface area (Å²) in [5, 5.41) is 8.90. The highest BCUT2D eigenvalue weighted by atomic mass is 35.5. The molecule has 2 aromatic rings. The molecule has 16 heavy (non-hydrogen) atoms. The Morgan fingerprint density at radius 2 is 2.12 bits per heavy atom. The second kappa shape index (κ2) is 5.27. The van der Waals surface area contributed by atoms with Gasteiger partial charge in [0.1, 0.15) is 5.00 Å². The lowest BCUT2D eigenvalue weighted by Crippen LogP contribution is -2.17. The van der Waals surface area contributed by atoms with E-state index >= 15 is 0 Å². The van der Waals surface area contributed by atoms with Gasteiger partial charge in [-0.2, -0.15) is 0 Å². The number of nitrogens with zero attached hydrogens (tertiary/aromatic N) is 2. The molecule has 84 valence electrons. The number of benzene rings is 1. The van der Waals surface area contributed by atoms with Crippen molar-refractivity contribution in [1.82, 2.24) is 9.59 Å². The normalized spacial score (nSPS) is 12.4. The maximum Gasteiger partial charge on any atom is 0.130 e. The van der Waals surface area contributed by atoms with Gasteiger partial charge in [0.05, 0.1) is 6.20 Å². The predicted octanol–water partition coefficient (Wildman–Crippen LogP) is 3.23. The molecule has 1 aromatic carbocycles. The summed E-state index contributed by atoms with van der Waals surface area (Å²) in [6.07, 6.45) is 2.69. The number of rotatable bonds is 4. The molecule has 0 radical (unpaired) electrons. The molecule has 0 aliphatic carbocycles. The van der Waals surface area contributed by atoms with E-state index in [4.69, 9.17) is 11.6 Å². The SMILES string of the molecule is CC(Cc1ccc(Cl)cc1)Nc1cnns1. The summed E-state index contributed by atoms with van der Waals surface area (Å²) >= 11 is 7.20. The van der Waals surface area contributed by atoms with E-state index in [9.17, 15) is 0 Å². The minimum Gasteiger partial charge on any atom is -0.372 e. The number of anilines is 1. The largest absolute Gasteiger partial charge is 0.372 e. The smallest absolute Gasteiger partial charge is 0.130 e. The molecule has 1 atom stereocenters. The monoisotopic (exact) mass is 253 g/mol. The Balaban J connectivity index is 1.92. The Hall–Kier alpha value is -1.13. The van der Waals surface area contributed by atoms with Gasteiger partial charge in [-0.3, -0.25) is 0 Å². The van der Waals surface area contributed by atoms with Crippen LogP contribution in [0.4, 0.5) is 5.00 Å². The number of nitrogens with one attached hydrogen (secondary N) is 1. The van der Waals surface area contributed by atoms with Crippen molar-refractivity contribution in [1.29, 1.82) is 0 Å². The number of hydrogen-bond acceptors (Lipinski definition) is 4. The van der Waals surface area contributed by atoms with Crippen LogP contribution in [0.25, 0.3) is 0 Å². The van der Waals surface area contributed by atoms with Gasteiger partial charge in [0.2, 0.25) is 0 Å². The summed E-state index contributed by atoms with van der Waals surface area (Å²) < 4.78 is 3.81. The van der Waals surface area contributed by atoms with Gasteiger partial charge in [-0.15, -0.1) is 5.10 Å². The molecule has 0 amide bonds. The van der Waals surface area contributed by atoms with Crippen LogP contribution in [0.15, 0.2) is 30.5 Å². The van der Waals surface area contributed by atoms with Gasteiger partial charge < -0.3 is 5.32 Å². The third-order valence-corrected chi connectivity index (χ3v) is 3.05. The Morgan fingerprint density at radius 1 is 1.38 bits per heavy atom. The lowest BCUT2D eigenvalue weighted by atomic mass is 10.1. The number of aromatic nitrogens is 2. The van der Waals surface area contributed by atoms with E-state index < -0.39 is 0 Å². The van der Waals surface area contributed by atoms with Crippen LogP contribution in [-0.2, 0) is 6.42 Å². The second-order valence-electron chi connectivity index (χ2n) is 3.66. The van der Waals surface area contributed by atoms with Gasteiger partial charge in [0.15, 0.2) is 0 Å². The molecule has 0 spiro atoms. The Kier molecular flexibility index (Phi) is 3.74. The Bertz CT molecular complexity index is 427. The van der Waals surface area contributed by atoms with Crippen LogP contribution < -0.4 is 5.32 Å². The van der Waals surface area contributed by atoms with Crippen LogP contribution in [0.5, 0.6) is 0 Å². The zero-order valence-electron chi connectivity index (χ0n) is 8.85. The van der Waals surface area contributed by atoms with E-state index in [1.807, 2.05) is 24.3 Å². The third-order valence-electron chi connectivity index (χ3n) is 2.21. The highest BCUT2D eigenvalue weighted by molar-refractivity contribution is 7.09. The van der Waals surface area contributed by atoms with E-state index in [0.29, 0.717) is 6.04 Å². The molecular formula is C11H12ClN3S. The molecule has 0 fully saturated rings. The van der Waals surface area contributed by atoms with E-state index in [1.165, 1.54) is 17.1 Å². The predicted molar refractivity (Wildman–Crippen MR) is 68.1 cm³/mol. The number of halogens is 1. The van der Waals surface area contributed by atoms with Gasteiger partial charge in [-0.25, -0.2) is 0 Å². The summed E-state index contributed by atoms with van der Waals surface area (Å²) in [6, 6.07) is 8.27. The van der Waals surface area contributed by atoms with Crippen LogP contribution in [0.1, 0.15) is 12.5 Å². The molecule has 0 aliphatic rings. The van der Waals surface area contributed by atoms with Crippen LogP contribution in [0.2, 0.25) is 5.02 Å². The van der Waals surface area contributed by atoms with E-state index in [-0.39, 0.29) is 0 Å². The molecule has 0 aliphatic heterocycles. The van der Waals surface area contributed by atoms with Crippen molar-refractivity contribution in [2.75, 3.05) is 5.32 Å². The Labute approximate surface area is 104 Å². The maximum atomic E-state index is 5.83. The minimum absolute atomic E-state index is 0.350. The molecule has 1 heterocycles. The summed E-state index contributed by atoms with van der Waals surface area (Å²) in [6.45, 7) is 2.13. The van der Waals surface area contributed by atoms with Crippen molar-refractivity contribution < 1.29 is 0 Å². The topological polar surface area (TPSA) is 37.8 Å². The first-order valence-electron chi connectivity index (χ1n) is 5.02. The highest BCUT2D eigenvalue weighted by Gasteiger charge is 2.04. The minimum atomic E-state index is 0.350. The molecule has 0 saturated carbocycles. The summed E-state index contributed by atoms with van der Waals surface area (Å²) in [5.74, 6) is 0. The lowest BCUT2D eigenvalue weighted by Gasteiger charge is -2.12. The fourth-order valence-corrected chi connectivity index (χ4v) is 2.16. The number of hydrogen-bond donors (Lipinski definition) is 1. The van der Waals surface area contributed by atoms with E-state index in [1.54, 1.807) is 6.20 Å². The fourth-order valence-electron chi connectivity index (χ4n) is 1.50. The Morgan fingerprint density at radius 3 is 2.75 bits per heavy atom. The highest BCUT2D eigenvalue weighted by Crippen LogP contribution is 2.15. The second-order valence-corrected chi connectivity index (χ2v) is 4.88. The van der Waals surface area contributed by atoms with Crippen LogP contribution in [-0.4, -0.2) is 15.6 Å². The first-order valence-corrected chi connectivity index (χ1v) is 6.17. The van der Waals surface area contributed by atoms with Crippen LogP contribution in [0.3, 0.4) is 0 Å². The van der Waals surface area contributed by atoms with E-state index in [2.05, 4.69) is 21.8 Å². The van der Waals surface area contributed by atoms with Crippen molar-refractivity contribution in [2.45, 2.75) is 19.4 Å². The molecule has 5 heteroatoms. The molecule has 0 bridgehead atoms.